The number of carboxylic acid groups (broad SMARTS) is 1. The first kappa shape index (κ1) is 20.0. The quantitative estimate of drug-likeness (QED) is 0.713. The lowest BCUT2D eigenvalue weighted by molar-refractivity contribution is -0.133. The Labute approximate surface area is 176 Å². The summed E-state index contributed by atoms with van der Waals surface area (Å²) >= 11 is 6.55. The summed E-state index contributed by atoms with van der Waals surface area (Å²) in [5, 5.41) is 9.69. The second-order valence-corrected chi connectivity index (χ2v) is 8.61. The van der Waals surface area contributed by atoms with E-state index in [1.54, 1.807) is 24.3 Å². The number of hydrogen-bond acceptors (Lipinski definition) is 2. The highest BCUT2D eigenvalue weighted by atomic mass is 35.5. The first-order valence-electron chi connectivity index (χ1n) is 10.5. The van der Waals surface area contributed by atoms with Crippen LogP contribution in [0.5, 0.6) is 0 Å². The lowest BCUT2D eigenvalue weighted by Crippen LogP contribution is -2.39. The van der Waals surface area contributed by atoms with Gasteiger partial charge in [-0.1, -0.05) is 55.1 Å². The number of hydrogen-bond donors (Lipinski definition) is 1. The number of rotatable bonds is 5. The van der Waals surface area contributed by atoms with Gasteiger partial charge in [-0.3, -0.25) is 4.79 Å². The van der Waals surface area contributed by atoms with Crippen molar-refractivity contribution in [1.82, 2.24) is 4.90 Å². The minimum absolute atomic E-state index is 0.0233. The van der Waals surface area contributed by atoms with Gasteiger partial charge in [0.1, 0.15) is 0 Å². The molecular formula is C24H26ClNO3. The maximum atomic E-state index is 12.9. The Morgan fingerprint density at radius 3 is 2.34 bits per heavy atom. The maximum Gasteiger partial charge on any atom is 0.335 e. The van der Waals surface area contributed by atoms with Crippen LogP contribution in [0.4, 0.5) is 0 Å². The number of likely N-dealkylation sites (tertiary alicyclic amines) is 1. The molecular weight excluding hydrogens is 386 g/mol. The van der Waals surface area contributed by atoms with Crippen molar-refractivity contribution in [3.63, 3.8) is 0 Å². The Morgan fingerprint density at radius 2 is 1.69 bits per heavy atom. The van der Waals surface area contributed by atoms with Crippen molar-refractivity contribution in [2.24, 2.45) is 5.92 Å². The monoisotopic (exact) mass is 411 g/mol. The van der Waals surface area contributed by atoms with Crippen molar-refractivity contribution < 1.29 is 14.7 Å². The summed E-state index contributed by atoms with van der Waals surface area (Å²) in [7, 11) is 0. The Hall–Kier alpha value is -2.33. The summed E-state index contributed by atoms with van der Waals surface area (Å²) < 4.78 is 0. The molecule has 152 valence electrons. The highest BCUT2D eigenvalue weighted by Gasteiger charge is 2.36. The average molecular weight is 412 g/mol. The molecule has 1 atom stereocenters. The van der Waals surface area contributed by atoms with Crippen LogP contribution in [0.2, 0.25) is 5.02 Å². The lowest BCUT2D eigenvalue weighted by Gasteiger charge is -2.31. The fraction of sp³-hybridized carbons (Fsp3) is 0.417. The Kier molecular flexibility index (Phi) is 5.91. The van der Waals surface area contributed by atoms with E-state index in [4.69, 9.17) is 16.7 Å². The van der Waals surface area contributed by atoms with E-state index in [9.17, 15) is 9.59 Å². The standard InChI is InChI=1S/C24H26ClNO3/c25-22-15-18(16-6-8-17(9-7-16)24(28)29)10-11-19(22)14-20-12-13-26(23(20)27)21-4-2-1-3-5-21/h6-11,15,20-21H,1-5,12-14H2,(H,28,29). The van der Waals surface area contributed by atoms with Gasteiger partial charge in [-0.15, -0.1) is 0 Å². The number of benzene rings is 2. The van der Waals surface area contributed by atoms with E-state index in [1.807, 2.05) is 18.2 Å². The molecule has 0 radical (unpaired) electrons. The zero-order valence-corrected chi connectivity index (χ0v) is 17.2. The number of nitrogens with zero attached hydrogens (tertiary/aromatic N) is 1. The first-order chi connectivity index (χ1) is 14.0. The molecule has 4 nitrogen and oxygen atoms in total. The molecule has 1 saturated heterocycles. The molecule has 2 aromatic rings. The van der Waals surface area contributed by atoms with Gasteiger partial charge in [-0.05, 0) is 60.6 Å². The summed E-state index contributed by atoms with van der Waals surface area (Å²) in [6.45, 7) is 0.875. The second kappa shape index (κ2) is 8.58. The molecule has 1 amide bonds. The molecule has 2 aliphatic rings. The third-order valence-corrected chi connectivity index (χ3v) is 6.70. The van der Waals surface area contributed by atoms with Crippen LogP contribution >= 0.6 is 11.6 Å². The number of halogens is 1. The molecule has 29 heavy (non-hydrogen) atoms. The average Bonchev–Trinajstić information content (AvgIpc) is 3.10. The first-order valence-corrected chi connectivity index (χ1v) is 10.8. The van der Waals surface area contributed by atoms with Gasteiger partial charge in [-0.2, -0.15) is 0 Å². The van der Waals surface area contributed by atoms with Gasteiger partial charge in [0.25, 0.3) is 0 Å². The number of carbonyl (C=O) groups excluding carboxylic acids is 1. The number of carbonyl (C=O) groups is 2. The fourth-order valence-corrected chi connectivity index (χ4v) is 4.93. The molecule has 2 aromatic carbocycles. The van der Waals surface area contributed by atoms with Gasteiger partial charge in [0, 0.05) is 23.5 Å². The summed E-state index contributed by atoms with van der Waals surface area (Å²) in [6, 6.07) is 13.1. The van der Waals surface area contributed by atoms with Crippen LogP contribution in [0.15, 0.2) is 42.5 Å². The predicted molar refractivity (Wildman–Crippen MR) is 114 cm³/mol. The van der Waals surface area contributed by atoms with Crippen LogP contribution in [0, 0.1) is 5.92 Å². The lowest BCUT2D eigenvalue weighted by atomic mass is 9.93. The van der Waals surface area contributed by atoms with Gasteiger partial charge in [-0.25, -0.2) is 4.79 Å². The molecule has 1 saturated carbocycles. The third-order valence-electron chi connectivity index (χ3n) is 6.35. The summed E-state index contributed by atoms with van der Waals surface area (Å²) in [4.78, 5) is 26.1. The van der Waals surface area contributed by atoms with E-state index < -0.39 is 5.97 Å². The minimum Gasteiger partial charge on any atom is -0.478 e. The van der Waals surface area contributed by atoms with E-state index >= 15 is 0 Å². The van der Waals surface area contributed by atoms with Crippen molar-refractivity contribution in [3.8, 4) is 11.1 Å². The maximum absolute atomic E-state index is 12.9. The molecule has 1 unspecified atom stereocenters. The molecule has 0 aromatic heterocycles. The van der Waals surface area contributed by atoms with Gasteiger partial charge in [0.05, 0.1) is 5.56 Å². The topological polar surface area (TPSA) is 57.6 Å². The minimum atomic E-state index is -0.937. The van der Waals surface area contributed by atoms with E-state index in [0.29, 0.717) is 23.4 Å². The van der Waals surface area contributed by atoms with E-state index in [0.717, 1.165) is 42.5 Å². The van der Waals surface area contributed by atoms with Crippen molar-refractivity contribution in [1.29, 1.82) is 0 Å². The highest BCUT2D eigenvalue weighted by molar-refractivity contribution is 6.31. The molecule has 4 rings (SSSR count). The van der Waals surface area contributed by atoms with Gasteiger partial charge in [0.15, 0.2) is 0 Å². The van der Waals surface area contributed by atoms with Gasteiger partial charge >= 0.3 is 5.97 Å². The normalized spacial score (nSPS) is 20.2. The number of carboxylic acids is 1. The van der Waals surface area contributed by atoms with Crippen LogP contribution in [-0.4, -0.2) is 34.5 Å². The van der Waals surface area contributed by atoms with E-state index in [1.165, 1.54) is 19.3 Å². The molecule has 1 aliphatic heterocycles. The molecule has 0 spiro atoms. The van der Waals surface area contributed by atoms with Gasteiger partial charge in [0.2, 0.25) is 5.91 Å². The summed E-state index contributed by atoms with van der Waals surface area (Å²) in [5.74, 6) is -0.620. The molecule has 1 heterocycles. The summed E-state index contributed by atoms with van der Waals surface area (Å²) in [6.07, 6.45) is 7.65. The summed E-state index contributed by atoms with van der Waals surface area (Å²) in [5.41, 5.74) is 3.13. The van der Waals surface area contributed by atoms with E-state index in [2.05, 4.69) is 4.90 Å². The molecule has 5 heteroatoms. The molecule has 2 fully saturated rings. The smallest absolute Gasteiger partial charge is 0.335 e. The molecule has 0 bridgehead atoms. The van der Waals surface area contributed by atoms with Gasteiger partial charge < -0.3 is 10.0 Å². The van der Waals surface area contributed by atoms with Crippen LogP contribution in [0.25, 0.3) is 11.1 Å². The largest absolute Gasteiger partial charge is 0.478 e. The third kappa shape index (κ3) is 4.32. The Morgan fingerprint density at radius 1 is 1.00 bits per heavy atom. The van der Waals surface area contributed by atoms with Crippen molar-refractivity contribution >= 4 is 23.5 Å². The Bertz CT molecular complexity index is 903. The van der Waals surface area contributed by atoms with E-state index in [-0.39, 0.29) is 11.5 Å². The number of aromatic carboxylic acids is 1. The zero-order chi connectivity index (χ0) is 20.4. The second-order valence-electron chi connectivity index (χ2n) is 8.20. The zero-order valence-electron chi connectivity index (χ0n) is 16.4. The van der Waals surface area contributed by atoms with Crippen LogP contribution < -0.4 is 0 Å². The van der Waals surface area contributed by atoms with Crippen LogP contribution in [0.1, 0.15) is 54.4 Å². The van der Waals surface area contributed by atoms with Crippen LogP contribution in [-0.2, 0) is 11.2 Å². The van der Waals surface area contributed by atoms with Crippen LogP contribution in [0.3, 0.4) is 0 Å². The molecule has 1 N–H and O–H groups in total. The van der Waals surface area contributed by atoms with Crippen molar-refractivity contribution in [3.05, 3.63) is 58.6 Å². The highest BCUT2D eigenvalue weighted by Crippen LogP contribution is 2.33. The SMILES string of the molecule is O=C(O)c1ccc(-c2ccc(CC3CCN(C4CCCCC4)C3=O)c(Cl)c2)cc1. The predicted octanol–water partition coefficient (Wildman–Crippen LogP) is 5.43. The van der Waals surface area contributed by atoms with Crippen molar-refractivity contribution in [2.75, 3.05) is 6.54 Å². The fourth-order valence-electron chi connectivity index (χ4n) is 4.67. The number of amides is 1. The Balaban J connectivity index is 1.44. The van der Waals surface area contributed by atoms with Crippen molar-refractivity contribution in [2.45, 2.75) is 51.0 Å². The molecule has 1 aliphatic carbocycles.